The Morgan fingerprint density at radius 3 is 2.70 bits per heavy atom. The molecular formula is C22H28N2O3. The van der Waals surface area contributed by atoms with E-state index in [0.29, 0.717) is 30.7 Å². The van der Waals surface area contributed by atoms with E-state index in [1.165, 1.54) is 0 Å². The van der Waals surface area contributed by atoms with E-state index >= 15 is 0 Å². The molecule has 2 N–H and O–H groups in total. The number of hydrogen-bond donors (Lipinski definition) is 2. The average Bonchev–Trinajstić information content (AvgIpc) is 2.71. The fourth-order valence-corrected chi connectivity index (χ4v) is 3.38. The molecule has 1 aliphatic heterocycles. The zero-order chi connectivity index (χ0) is 19.1. The Kier molecular flexibility index (Phi) is 6.71. The van der Waals surface area contributed by atoms with Crippen molar-refractivity contribution in [1.82, 2.24) is 10.6 Å². The molecule has 0 radical (unpaired) electrons. The van der Waals surface area contributed by atoms with Crippen LogP contribution in [0.4, 0.5) is 0 Å². The molecule has 1 fully saturated rings. The highest BCUT2D eigenvalue weighted by Gasteiger charge is 2.24. The molecule has 0 aromatic heterocycles. The van der Waals surface area contributed by atoms with Crippen LogP contribution in [0.5, 0.6) is 11.5 Å². The van der Waals surface area contributed by atoms with Crippen LogP contribution >= 0.6 is 0 Å². The van der Waals surface area contributed by atoms with Gasteiger partial charge in [-0.25, -0.2) is 0 Å². The summed E-state index contributed by atoms with van der Waals surface area (Å²) >= 11 is 0. The first-order valence-electron chi connectivity index (χ1n) is 9.50. The summed E-state index contributed by atoms with van der Waals surface area (Å²) in [5, 5.41) is 6.43. The van der Waals surface area contributed by atoms with Gasteiger partial charge in [-0.05, 0) is 49.6 Å². The zero-order valence-corrected chi connectivity index (χ0v) is 16.0. The number of benzene rings is 2. The minimum atomic E-state index is 0.0941. The quantitative estimate of drug-likeness (QED) is 0.787. The largest absolute Gasteiger partial charge is 0.493 e. The average molecular weight is 368 g/mol. The molecule has 5 heteroatoms. The third-order valence-electron chi connectivity index (χ3n) is 4.93. The van der Waals surface area contributed by atoms with Crippen molar-refractivity contribution in [1.29, 1.82) is 0 Å². The Bertz CT molecular complexity index is 748. The third-order valence-corrected chi connectivity index (χ3v) is 4.93. The molecule has 3 rings (SSSR count). The lowest BCUT2D eigenvalue weighted by atomic mass is 9.92. The van der Waals surface area contributed by atoms with Gasteiger partial charge in [0.05, 0.1) is 7.11 Å². The molecule has 2 atom stereocenters. The number of nitrogens with one attached hydrogen (secondary N) is 2. The smallest absolute Gasteiger partial charge is 0.223 e. The second-order valence-corrected chi connectivity index (χ2v) is 7.05. The molecule has 2 aromatic rings. The van der Waals surface area contributed by atoms with Crippen molar-refractivity contribution in [2.75, 3.05) is 13.7 Å². The van der Waals surface area contributed by atoms with E-state index < -0.39 is 0 Å². The highest BCUT2D eigenvalue weighted by atomic mass is 16.5. The standard InChI is InChI=1S/C22H28N2O3/c1-16-12-19(10-11-23-16)22(25)24-14-18-8-9-20(21(13-18)26-2)27-15-17-6-4-3-5-7-17/h3-9,13,16,19,23H,10-12,14-15H2,1-2H3,(H,24,25)/t16-,19-/m0/s1. The molecule has 1 amide bonds. The second kappa shape index (κ2) is 9.42. The number of carbonyl (C=O) groups excluding carboxylic acids is 1. The molecule has 144 valence electrons. The van der Waals surface area contributed by atoms with Gasteiger partial charge in [-0.3, -0.25) is 4.79 Å². The Hall–Kier alpha value is -2.53. The van der Waals surface area contributed by atoms with Crippen LogP contribution in [0.15, 0.2) is 48.5 Å². The van der Waals surface area contributed by atoms with Gasteiger partial charge in [0.25, 0.3) is 0 Å². The lowest BCUT2D eigenvalue weighted by Gasteiger charge is -2.27. The van der Waals surface area contributed by atoms with Crippen LogP contribution in [-0.2, 0) is 17.9 Å². The van der Waals surface area contributed by atoms with E-state index in [1.54, 1.807) is 7.11 Å². The van der Waals surface area contributed by atoms with Crippen LogP contribution in [0.25, 0.3) is 0 Å². The molecule has 5 nitrogen and oxygen atoms in total. The maximum Gasteiger partial charge on any atom is 0.223 e. The number of rotatable bonds is 7. The molecule has 1 heterocycles. The van der Waals surface area contributed by atoms with Gasteiger partial charge in [0.15, 0.2) is 11.5 Å². The fourth-order valence-electron chi connectivity index (χ4n) is 3.38. The number of hydrogen-bond acceptors (Lipinski definition) is 4. The first kappa shape index (κ1) is 19.2. The summed E-state index contributed by atoms with van der Waals surface area (Å²) in [4.78, 5) is 12.4. The highest BCUT2D eigenvalue weighted by molar-refractivity contribution is 5.78. The summed E-state index contributed by atoms with van der Waals surface area (Å²) in [6.07, 6.45) is 1.78. The van der Waals surface area contributed by atoms with Crippen LogP contribution < -0.4 is 20.1 Å². The summed E-state index contributed by atoms with van der Waals surface area (Å²) < 4.78 is 11.3. The van der Waals surface area contributed by atoms with Crippen LogP contribution in [0.1, 0.15) is 30.9 Å². The molecule has 0 aliphatic carbocycles. The van der Waals surface area contributed by atoms with Gasteiger partial charge in [0, 0.05) is 18.5 Å². The first-order valence-corrected chi connectivity index (χ1v) is 9.50. The Labute approximate surface area is 161 Å². The SMILES string of the molecule is COc1cc(CNC(=O)[C@H]2CCN[C@@H](C)C2)ccc1OCc1ccccc1. The van der Waals surface area contributed by atoms with Gasteiger partial charge in [0.1, 0.15) is 6.61 Å². The molecule has 0 unspecified atom stereocenters. The summed E-state index contributed by atoms with van der Waals surface area (Å²) in [5.41, 5.74) is 2.10. The summed E-state index contributed by atoms with van der Waals surface area (Å²) in [6, 6.07) is 16.2. The predicted octanol–water partition coefficient (Wildman–Crippen LogP) is 3.28. The van der Waals surface area contributed by atoms with E-state index in [2.05, 4.69) is 17.6 Å². The number of ether oxygens (including phenoxy) is 2. The van der Waals surface area contributed by atoms with Gasteiger partial charge < -0.3 is 20.1 Å². The number of amides is 1. The van der Waals surface area contributed by atoms with Crippen molar-refractivity contribution in [2.24, 2.45) is 5.92 Å². The Morgan fingerprint density at radius 1 is 1.15 bits per heavy atom. The van der Waals surface area contributed by atoms with Crippen LogP contribution in [-0.4, -0.2) is 25.6 Å². The monoisotopic (exact) mass is 368 g/mol. The van der Waals surface area contributed by atoms with Crippen LogP contribution in [0.3, 0.4) is 0 Å². The molecule has 0 spiro atoms. The van der Waals surface area contributed by atoms with E-state index in [1.807, 2.05) is 48.5 Å². The normalized spacial score (nSPS) is 19.3. The fraction of sp³-hybridized carbons (Fsp3) is 0.409. The van der Waals surface area contributed by atoms with Gasteiger partial charge in [-0.2, -0.15) is 0 Å². The van der Waals surface area contributed by atoms with E-state index in [4.69, 9.17) is 9.47 Å². The summed E-state index contributed by atoms with van der Waals surface area (Å²) in [6.45, 7) is 4.01. The lowest BCUT2D eigenvalue weighted by molar-refractivity contribution is -0.126. The molecule has 0 saturated carbocycles. The molecule has 2 aromatic carbocycles. The molecular weight excluding hydrogens is 340 g/mol. The van der Waals surface area contributed by atoms with Crippen molar-refractivity contribution < 1.29 is 14.3 Å². The minimum Gasteiger partial charge on any atom is -0.493 e. The predicted molar refractivity (Wildman–Crippen MR) is 106 cm³/mol. The maximum absolute atomic E-state index is 12.4. The van der Waals surface area contributed by atoms with Crippen LogP contribution in [0.2, 0.25) is 0 Å². The number of methoxy groups -OCH3 is 1. The zero-order valence-electron chi connectivity index (χ0n) is 16.0. The van der Waals surface area contributed by atoms with E-state index in [0.717, 1.165) is 30.5 Å². The number of carbonyl (C=O) groups is 1. The highest BCUT2D eigenvalue weighted by Crippen LogP contribution is 2.29. The van der Waals surface area contributed by atoms with Crippen LogP contribution in [0, 0.1) is 5.92 Å². The molecule has 1 aliphatic rings. The van der Waals surface area contributed by atoms with Crippen molar-refractivity contribution in [3.05, 3.63) is 59.7 Å². The van der Waals surface area contributed by atoms with E-state index in [9.17, 15) is 4.79 Å². The third kappa shape index (κ3) is 5.47. The van der Waals surface area contributed by atoms with Gasteiger partial charge in [0.2, 0.25) is 5.91 Å². The lowest BCUT2D eigenvalue weighted by Crippen LogP contribution is -2.42. The summed E-state index contributed by atoms with van der Waals surface area (Å²) in [7, 11) is 1.63. The van der Waals surface area contributed by atoms with Crippen molar-refractivity contribution in [3.63, 3.8) is 0 Å². The van der Waals surface area contributed by atoms with Gasteiger partial charge >= 0.3 is 0 Å². The topological polar surface area (TPSA) is 59.6 Å². The van der Waals surface area contributed by atoms with Crippen molar-refractivity contribution in [3.8, 4) is 11.5 Å². The molecule has 27 heavy (non-hydrogen) atoms. The Morgan fingerprint density at radius 2 is 1.96 bits per heavy atom. The van der Waals surface area contributed by atoms with E-state index in [-0.39, 0.29) is 11.8 Å². The molecule has 1 saturated heterocycles. The summed E-state index contributed by atoms with van der Waals surface area (Å²) in [5.74, 6) is 1.60. The Balaban J connectivity index is 1.56. The number of piperidine rings is 1. The second-order valence-electron chi connectivity index (χ2n) is 7.05. The van der Waals surface area contributed by atoms with Crippen molar-refractivity contribution >= 4 is 5.91 Å². The molecule has 0 bridgehead atoms. The minimum absolute atomic E-state index is 0.0941. The van der Waals surface area contributed by atoms with Gasteiger partial charge in [-0.1, -0.05) is 36.4 Å². The first-order chi connectivity index (χ1) is 13.2. The van der Waals surface area contributed by atoms with Gasteiger partial charge in [-0.15, -0.1) is 0 Å². The maximum atomic E-state index is 12.4. The van der Waals surface area contributed by atoms with Crippen molar-refractivity contribution in [2.45, 2.75) is 39.0 Å².